The van der Waals surface area contributed by atoms with Gasteiger partial charge in [0.15, 0.2) is 0 Å². The Bertz CT molecular complexity index is 276. The molecule has 0 fully saturated rings. The summed E-state index contributed by atoms with van der Waals surface area (Å²) in [4.78, 5) is 0. The maximum atomic E-state index is 2.43. The summed E-state index contributed by atoms with van der Waals surface area (Å²) in [5.41, 5.74) is 4.00. The van der Waals surface area contributed by atoms with Gasteiger partial charge in [-0.1, -0.05) is 64.8 Å². The second kappa shape index (κ2) is 4.15. The Morgan fingerprint density at radius 3 is 1.93 bits per heavy atom. The van der Waals surface area contributed by atoms with Gasteiger partial charge in [0.1, 0.15) is 0 Å². The molecule has 0 heteroatoms. The Balaban J connectivity index is 2.53. The third-order valence-electron chi connectivity index (χ3n) is 2.51. The van der Waals surface area contributed by atoms with Crippen molar-refractivity contribution in [3.8, 4) is 0 Å². The maximum absolute atomic E-state index is 2.43. The van der Waals surface area contributed by atoms with Crippen LogP contribution in [0, 0.1) is 10.8 Å². The Kier molecular flexibility index (Phi) is 3.48. The van der Waals surface area contributed by atoms with Gasteiger partial charge >= 0.3 is 0 Å². The highest BCUT2D eigenvalue weighted by Gasteiger charge is 2.18. The predicted octanol–water partition coefficient (Wildman–Crippen LogP) is 5.12. The SMILES string of the molecule is CC(C)(C)CC1=CCC(CC(C)(C)C)=C1. The first kappa shape index (κ1) is 12.5. The largest absolute Gasteiger partial charge is 0.0772 e. The van der Waals surface area contributed by atoms with E-state index >= 15 is 0 Å². The second-order valence-electron chi connectivity index (χ2n) is 7.26. The molecule has 0 aromatic heterocycles. The van der Waals surface area contributed by atoms with Crippen LogP contribution in [0.1, 0.15) is 60.8 Å². The molecule has 0 spiro atoms. The van der Waals surface area contributed by atoms with Crippen molar-refractivity contribution in [3.05, 3.63) is 23.3 Å². The highest BCUT2D eigenvalue weighted by Crippen LogP contribution is 2.34. The quantitative estimate of drug-likeness (QED) is 0.588. The fourth-order valence-corrected chi connectivity index (χ4v) is 2.18. The lowest BCUT2D eigenvalue weighted by molar-refractivity contribution is 0.407. The highest BCUT2D eigenvalue weighted by molar-refractivity contribution is 5.33. The molecule has 0 N–H and O–H groups in total. The third-order valence-corrected chi connectivity index (χ3v) is 2.51. The van der Waals surface area contributed by atoms with Crippen molar-refractivity contribution in [2.75, 3.05) is 0 Å². The molecule has 0 amide bonds. The lowest BCUT2D eigenvalue weighted by atomic mass is 9.86. The van der Waals surface area contributed by atoms with Crippen LogP contribution >= 0.6 is 0 Å². The zero-order chi connectivity index (χ0) is 11.7. The molecule has 86 valence electrons. The van der Waals surface area contributed by atoms with Crippen LogP contribution in [-0.2, 0) is 0 Å². The van der Waals surface area contributed by atoms with E-state index in [-0.39, 0.29) is 0 Å². The van der Waals surface area contributed by atoms with Crippen LogP contribution in [0.4, 0.5) is 0 Å². The molecule has 0 saturated heterocycles. The minimum Gasteiger partial charge on any atom is -0.0772 e. The van der Waals surface area contributed by atoms with Gasteiger partial charge in [-0.2, -0.15) is 0 Å². The molecular weight excluding hydrogens is 180 g/mol. The first-order valence-electron chi connectivity index (χ1n) is 6.04. The molecule has 0 saturated carbocycles. The minimum absolute atomic E-state index is 0.416. The summed E-state index contributed by atoms with van der Waals surface area (Å²) in [7, 11) is 0. The van der Waals surface area contributed by atoms with E-state index in [9.17, 15) is 0 Å². The topological polar surface area (TPSA) is 0 Å². The average molecular weight is 206 g/mol. The van der Waals surface area contributed by atoms with Crippen molar-refractivity contribution in [1.29, 1.82) is 0 Å². The highest BCUT2D eigenvalue weighted by atomic mass is 14.2. The van der Waals surface area contributed by atoms with Crippen LogP contribution < -0.4 is 0 Å². The van der Waals surface area contributed by atoms with Crippen molar-refractivity contribution in [1.82, 2.24) is 0 Å². The van der Waals surface area contributed by atoms with Gasteiger partial charge in [0.05, 0.1) is 0 Å². The zero-order valence-electron chi connectivity index (χ0n) is 11.3. The van der Waals surface area contributed by atoms with Gasteiger partial charge in [0, 0.05) is 0 Å². The van der Waals surface area contributed by atoms with Crippen LogP contribution in [0.3, 0.4) is 0 Å². The van der Waals surface area contributed by atoms with E-state index in [2.05, 4.69) is 53.7 Å². The van der Waals surface area contributed by atoms with Crippen molar-refractivity contribution in [2.24, 2.45) is 10.8 Å². The Labute approximate surface area is 95.5 Å². The molecule has 1 rings (SSSR count). The lowest BCUT2D eigenvalue weighted by Gasteiger charge is -2.19. The van der Waals surface area contributed by atoms with Crippen LogP contribution in [0.15, 0.2) is 23.3 Å². The fourth-order valence-electron chi connectivity index (χ4n) is 2.18. The van der Waals surface area contributed by atoms with E-state index in [1.54, 1.807) is 11.1 Å². The summed E-state index contributed by atoms with van der Waals surface area (Å²) < 4.78 is 0. The van der Waals surface area contributed by atoms with Crippen molar-refractivity contribution in [2.45, 2.75) is 60.8 Å². The molecule has 0 unspecified atom stereocenters. The van der Waals surface area contributed by atoms with Gasteiger partial charge in [-0.15, -0.1) is 0 Å². The Hall–Kier alpha value is -0.520. The fraction of sp³-hybridized carbons (Fsp3) is 0.733. The summed E-state index contributed by atoms with van der Waals surface area (Å²) >= 11 is 0. The zero-order valence-corrected chi connectivity index (χ0v) is 11.3. The number of allylic oxidation sites excluding steroid dienone is 4. The van der Waals surface area contributed by atoms with Crippen LogP contribution in [0.5, 0.6) is 0 Å². The summed E-state index contributed by atoms with van der Waals surface area (Å²) in [6.07, 6.45) is 8.46. The average Bonchev–Trinajstić information content (AvgIpc) is 2.28. The molecule has 0 atom stereocenters. The Morgan fingerprint density at radius 2 is 1.47 bits per heavy atom. The third kappa shape index (κ3) is 5.20. The lowest BCUT2D eigenvalue weighted by Crippen LogP contribution is -2.06. The normalized spacial score (nSPS) is 17.7. The van der Waals surface area contributed by atoms with E-state index < -0.39 is 0 Å². The summed E-state index contributed by atoms with van der Waals surface area (Å²) in [6, 6.07) is 0. The van der Waals surface area contributed by atoms with E-state index in [0.29, 0.717) is 10.8 Å². The van der Waals surface area contributed by atoms with Crippen LogP contribution in [0.25, 0.3) is 0 Å². The van der Waals surface area contributed by atoms with Gasteiger partial charge in [-0.25, -0.2) is 0 Å². The number of rotatable bonds is 2. The van der Waals surface area contributed by atoms with Crippen molar-refractivity contribution in [3.63, 3.8) is 0 Å². The molecule has 0 aromatic rings. The summed E-state index contributed by atoms with van der Waals surface area (Å²) in [5.74, 6) is 0. The predicted molar refractivity (Wildman–Crippen MR) is 68.9 cm³/mol. The van der Waals surface area contributed by atoms with E-state index in [1.807, 2.05) is 0 Å². The standard InChI is InChI=1S/C15H26/c1-14(2,3)10-12-7-8-13(9-12)11-15(4,5)6/h7,9H,8,10-11H2,1-6H3. The van der Waals surface area contributed by atoms with Gasteiger partial charge in [-0.3, -0.25) is 0 Å². The van der Waals surface area contributed by atoms with E-state index in [0.717, 1.165) is 0 Å². The smallest absolute Gasteiger partial charge is 0.0130 e. The van der Waals surface area contributed by atoms with Crippen LogP contribution in [0.2, 0.25) is 0 Å². The van der Waals surface area contributed by atoms with Crippen LogP contribution in [-0.4, -0.2) is 0 Å². The first-order chi connectivity index (χ1) is 6.66. The molecule has 1 aliphatic carbocycles. The molecule has 0 radical (unpaired) electrons. The molecule has 0 heterocycles. The maximum Gasteiger partial charge on any atom is -0.0130 e. The van der Waals surface area contributed by atoms with Gasteiger partial charge in [0.2, 0.25) is 0 Å². The molecule has 0 aromatic carbocycles. The molecule has 15 heavy (non-hydrogen) atoms. The minimum atomic E-state index is 0.416. The molecule has 1 aliphatic rings. The summed E-state index contributed by atoms with van der Waals surface area (Å²) in [6.45, 7) is 13.9. The van der Waals surface area contributed by atoms with Crippen molar-refractivity contribution < 1.29 is 0 Å². The van der Waals surface area contributed by atoms with E-state index in [4.69, 9.17) is 0 Å². The molecule has 0 aliphatic heterocycles. The molecular formula is C15H26. The molecule has 0 nitrogen and oxygen atoms in total. The number of hydrogen-bond acceptors (Lipinski definition) is 0. The van der Waals surface area contributed by atoms with Gasteiger partial charge < -0.3 is 0 Å². The first-order valence-corrected chi connectivity index (χ1v) is 6.04. The second-order valence-corrected chi connectivity index (χ2v) is 7.26. The van der Waals surface area contributed by atoms with E-state index in [1.165, 1.54) is 19.3 Å². The number of hydrogen-bond donors (Lipinski definition) is 0. The monoisotopic (exact) mass is 206 g/mol. The Morgan fingerprint density at radius 1 is 0.933 bits per heavy atom. The molecule has 0 bridgehead atoms. The van der Waals surface area contributed by atoms with Gasteiger partial charge in [0.25, 0.3) is 0 Å². The van der Waals surface area contributed by atoms with Gasteiger partial charge in [-0.05, 0) is 30.1 Å². The van der Waals surface area contributed by atoms with Crippen molar-refractivity contribution >= 4 is 0 Å². The summed E-state index contributed by atoms with van der Waals surface area (Å²) in [5, 5.41) is 0.